The number of nitrogens with one attached hydrogen (secondary N) is 1. The maximum Gasteiger partial charge on any atom is 0.304 e. The van der Waals surface area contributed by atoms with E-state index in [1.54, 1.807) is 0 Å². The Kier molecular flexibility index (Phi) is 6.05. The van der Waals surface area contributed by atoms with Gasteiger partial charge in [-0.3, -0.25) is 4.79 Å². The molecule has 0 aromatic heterocycles. The van der Waals surface area contributed by atoms with Gasteiger partial charge in [0.15, 0.2) is 0 Å². The molecule has 0 spiro atoms. The largest absolute Gasteiger partial charge is 0.487 e. The smallest absolute Gasteiger partial charge is 0.304 e. The molecule has 0 bridgehead atoms. The zero-order chi connectivity index (χ0) is 22.1. The predicted molar refractivity (Wildman–Crippen MR) is 113 cm³/mol. The molecule has 0 saturated heterocycles. The lowest BCUT2D eigenvalue weighted by Gasteiger charge is -2.38. The molecule has 0 fully saturated rings. The second kappa shape index (κ2) is 8.23. The van der Waals surface area contributed by atoms with E-state index in [1.807, 2.05) is 38.1 Å². The van der Waals surface area contributed by atoms with Gasteiger partial charge in [-0.15, -0.1) is 0 Å². The standard InChI is InChI=1S/C21H26FN3O4S/c1-21(2)13-17(15-9-5-8-12-19(15)29-21)23-20(26)14-25(30(27,28)24(3)4)18-11-7-6-10-16(18)22/h5-12,17H,13-14H2,1-4H3,(H,23,26)/t17-/m1/s1. The van der Waals surface area contributed by atoms with E-state index in [4.69, 9.17) is 4.74 Å². The molecule has 9 heteroatoms. The van der Waals surface area contributed by atoms with E-state index < -0.39 is 34.1 Å². The van der Waals surface area contributed by atoms with Gasteiger partial charge in [-0.2, -0.15) is 12.7 Å². The van der Waals surface area contributed by atoms with Gasteiger partial charge in [0.25, 0.3) is 0 Å². The number of carbonyl (C=O) groups excluding carboxylic acids is 1. The zero-order valence-electron chi connectivity index (χ0n) is 17.4. The number of para-hydroxylation sites is 2. The summed E-state index contributed by atoms with van der Waals surface area (Å²) in [4.78, 5) is 12.9. The summed E-state index contributed by atoms with van der Waals surface area (Å²) in [5.74, 6) is -0.597. The van der Waals surface area contributed by atoms with E-state index in [9.17, 15) is 17.6 Å². The topological polar surface area (TPSA) is 79.0 Å². The number of hydrogen-bond donors (Lipinski definition) is 1. The van der Waals surface area contributed by atoms with Crippen LogP contribution in [0.3, 0.4) is 0 Å². The van der Waals surface area contributed by atoms with Gasteiger partial charge in [-0.1, -0.05) is 30.3 Å². The average Bonchev–Trinajstić information content (AvgIpc) is 2.65. The van der Waals surface area contributed by atoms with Crippen LogP contribution in [0.25, 0.3) is 0 Å². The molecule has 1 heterocycles. The summed E-state index contributed by atoms with van der Waals surface area (Å²) in [6, 6.07) is 12.5. The van der Waals surface area contributed by atoms with Gasteiger partial charge in [0, 0.05) is 26.1 Å². The molecule has 0 aliphatic carbocycles. The van der Waals surface area contributed by atoms with Crippen LogP contribution in [-0.4, -0.2) is 44.9 Å². The van der Waals surface area contributed by atoms with Crippen molar-refractivity contribution in [3.8, 4) is 5.75 Å². The highest BCUT2D eigenvalue weighted by Crippen LogP contribution is 2.39. The van der Waals surface area contributed by atoms with E-state index in [-0.39, 0.29) is 11.7 Å². The summed E-state index contributed by atoms with van der Waals surface area (Å²) >= 11 is 0. The Morgan fingerprint density at radius 1 is 1.17 bits per heavy atom. The Hall–Kier alpha value is -2.65. The number of rotatable bonds is 6. The number of benzene rings is 2. The van der Waals surface area contributed by atoms with Crippen LogP contribution in [0.1, 0.15) is 31.9 Å². The average molecular weight is 436 g/mol. The minimum absolute atomic E-state index is 0.186. The molecule has 30 heavy (non-hydrogen) atoms. The van der Waals surface area contributed by atoms with Gasteiger partial charge in [0.2, 0.25) is 5.91 Å². The molecule has 1 aliphatic heterocycles. The van der Waals surface area contributed by atoms with Crippen LogP contribution < -0.4 is 14.4 Å². The molecular formula is C21H26FN3O4S. The number of fused-ring (bicyclic) bond motifs is 1. The Bertz CT molecular complexity index is 1040. The zero-order valence-corrected chi connectivity index (χ0v) is 18.2. The Balaban J connectivity index is 1.88. The van der Waals surface area contributed by atoms with Crippen LogP contribution in [0.15, 0.2) is 48.5 Å². The maximum absolute atomic E-state index is 14.4. The van der Waals surface area contributed by atoms with Crippen molar-refractivity contribution in [1.82, 2.24) is 9.62 Å². The number of anilines is 1. The lowest BCUT2D eigenvalue weighted by Crippen LogP contribution is -2.48. The van der Waals surface area contributed by atoms with E-state index in [0.717, 1.165) is 20.2 Å². The lowest BCUT2D eigenvalue weighted by molar-refractivity contribution is -0.120. The van der Waals surface area contributed by atoms with Gasteiger partial charge in [0.1, 0.15) is 23.7 Å². The maximum atomic E-state index is 14.4. The monoisotopic (exact) mass is 435 g/mol. The van der Waals surface area contributed by atoms with E-state index >= 15 is 0 Å². The number of hydrogen-bond acceptors (Lipinski definition) is 4. The first-order chi connectivity index (χ1) is 14.0. The molecule has 1 aliphatic rings. The van der Waals surface area contributed by atoms with Gasteiger partial charge in [-0.05, 0) is 32.0 Å². The van der Waals surface area contributed by atoms with Crippen LogP contribution in [0.5, 0.6) is 5.75 Å². The molecule has 1 atom stereocenters. The molecule has 2 aromatic rings. The number of amides is 1. The Morgan fingerprint density at radius 2 is 1.80 bits per heavy atom. The molecule has 1 amide bonds. The second-order valence-electron chi connectivity index (χ2n) is 7.97. The number of halogens is 1. The summed E-state index contributed by atoms with van der Waals surface area (Å²) in [6.07, 6.45) is 0.510. The molecule has 0 saturated carbocycles. The fraction of sp³-hybridized carbons (Fsp3) is 0.381. The molecule has 162 valence electrons. The first-order valence-electron chi connectivity index (χ1n) is 9.53. The SMILES string of the molecule is CN(C)S(=O)(=O)N(CC(=O)N[C@@H]1CC(C)(C)Oc2ccccc21)c1ccccc1F. The molecule has 3 rings (SSSR count). The van der Waals surface area contributed by atoms with Gasteiger partial charge >= 0.3 is 10.2 Å². The summed E-state index contributed by atoms with van der Waals surface area (Å²) in [7, 11) is -1.43. The summed E-state index contributed by atoms with van der Waals surface area (Å²) in [5.41, 5.74) is 0.125. The highest BCUT2D eigenvalue weighted by Gasteiger charge is 2.35. The summed E-state index contributed by atoms with van der Waals surface area (Å²) < 4.78 is 47.6. The molecular weight excluding hydrogens is 409 g/mol. The fourth-order valence-corrected chi connectivity index (χ4v) is 4.51. The molecule has 7 nitrogen and oxygen atoms in total. The molecule has 1 N–H and O–H groups in total. The van der Waals surface area contributed by atoms with Crippen molar-refractivity contribution in [1.29, 1.82) is 0 Å². The summed E-state index contributed by atoms with van der Waals surface area (Å²) in [5, 5.41) is 2.90. The minimum Gasteiger partial charge on any atom is -0.487 e. The quantitative estimate of drug-likeness (QED) is 0.757. The Morgan fingerprint density at radius 3 is 2.47 bits per heavy atom. The van der Waals surface area contributed by atoms with Crippen molar-refractivity contribution in [3.05, 3.63) is 59.9 Å². The van der Waals surface area contributed by atoms with Crippen LogP contribution in [-0.2, 0) is 15.0 Å². The van der Waals surface area contributed by atoms with Crippen LogP contribution in [0, 0.1) is 5.82 Å². The predicted octanol–water partition coefficient (Wildman–Crippen LogP) is 2.86. The van der Waals surface area contributed by atoms with Crippen LogP contribution in [0.4, 0.5) is 10.1 Å². The Labute approximate surface area is 176 Å². The third-order valence-electron chi connectivity index (χ3n) is 4.86. The molecule has 0 radical (unpaired) electrons. The van der Waals surface area contributed by atoms with Crippen molar-refractivity contribution in [2.45, 2.75) is 31.9 Å². The van der Waals surface area contributed by atoms with E-state index in [2.05, 4.69) is 5.32 Å². The molecule has 0 unspecified atom stereocenters. The van der Waals surface area contributed by atoms with Crippen molar-refractivity contribution >= 4 is 21.8 Å². The minimum atomic E-state index is -4.09. The first kappa shape index (κ1) is 22.0. The first-order valence-corrected chi connectivity index (χ1v) is 10.9. The highest BCUT2D eigenvalue weighted by atomic mass is 32.2. The van der Waals surface area contributed by atoms with Crippen molar-refractivity contribution < 1.29 is 22.3 Å². The van der Waals surface area contributed by atoms with Crippen molar-refractivity contribution in [3.63, 3.8) is 0 Å². The van der Waals surface area contributed by atoms with Crippen LogP contribution in [0.2, 0.25) is 0 Å². The summed E-state index contributed by atoms with van der Waals surface area (Å²) in [6.45, 7) is 3.29. The van der Waals surface area contributed by atoms with Gasteiger partial charge < -0.3 is 10.1 Å². The lowest BCUT2D eigenvalue weighted by atomic mass is 9.89. The fourth-order valence-electron chi connectivity index (χ4n) is 3.44. The number of nitrogens with zero attached hydrogens (tertiary/aromatic N) is 2. The third kappa shape index (κ3) is 4.57. The second-order valence-corrected chi connectivity index (χ2v) is 10.0. The van der Waals surface area contributed by atoms with Gasteiger partial charge in [-0.25, -0.2) is 8.70 Å². The third-order valence-corrected chi connectivity index (χ3v) is 6.67. The number of ether oxygens (including phenoxy) is 1. The normalized spacial score (nSPS) is 17.7. The number of carbonyl (C=O) groups is 1. The van der Waals surface area contributed by atoms with Gasteiger partial charge in [0.05, 0.1) is 11.7 Å². The van der Waals surface area contributed by atoms with Crippen LogP contribution >= 0.6 is 0 Å². The van der Waals surface area contributed by atoms with Crippen molar-refractivity contribution in [2.24, 2.45) is 0 Å². The van der Waals surface area contributed by atoms with E-state index in [1.165, 1.54) is 32.3 Å². The van der Waals surface area contributed by atoms with Crippen molar-refractivity contribution in [2.75, 3.05) is 24.9 Å². The highest BCUT2D eigenvalue weighted by molar-refractivity contribution is 7.90. The van der Waals surface area contributed by atoms with E-state index in [0.29, 0.717) is 12.2 Å². The molecule has 2 aromatic carbocycles.